The third-order valence-corrected chi connectivity index (χ3v) is 4.92. The van der Waals surface area contributed by atoms with E-state index in [9.17, 15) is 4.79 Å². The molecule has 0 radical (unpaired) electrons. The van der Waals surface area contributed by atoms with Crippen molar-refractivity contribution >= 4 is 5.91 Å². The molecule has 3 atom stereocenters. The number of ether oxygens (including phenoxy) is 1. The molecule has 1 amide bonds. The highest BCUT2D eigenvalue weighted by Gasteiger charge is 2.63. The fourth-order valence-corrected chi connectivity index (χ4v) is 2.87. The molecule has 0 aromatic carbocycles. The van der Waals surface area contributed by atoms with Gasteiger partial charge in [0.2, 0.25) is 5.91 Å². The molecule has 2 fully saturated rings. The van der Waals surface area contributed by atoms with Crippen molar-refractivity contribution < 1.29 is 9.53 Å². The second kappa shape index (κ2) is 4.49. The van der Waals surface area contributed by atoms with Gasteiger partial charge in [-0.25, -0.2) is 0 Å². The average molecular weight is 254 g/mol. The lowest BCUT2D eigenvalue weighted by molar-refractivity contribution is -0.171. The molecule has 2 aliphatic rings. The summed E-state index contributed by atoms with van der Waals surface area (Å²) in [5, 5.41) is 3.08. The molecule has 0 aromatic rings. The van der Waals surface area contributed by atoms with Crippen LogP contribution in [0.2, 0.25) is 0 Å². The van der Waals surface area contributed by atoms with E-state index >= 15 is 0 Å². The number of amides is 1. The predicted octanol–water partition coefficient (Wildman–Crippen LogP) is 1.43. The van der Waals surface area contributed by atoms with Crippen LogP contribution in [-0.4, -0.2) is 30.2 Å². The van der Waals surface area contributed by atoms with Crippen LogP contribution < -0.4 is 11.1 Å². The van der Waals surface area contributed by atoms with Gasteiger partial charge in [0.05, 0.1) is 6.10 Å². The maximum atomic E-state index is 12.4. The largest absolute Gasteiger partial charge is 0.378 e. The van der Waals surface area contributed by atoms with Crippen LogP contribution in [0.1, 0.15) is 47.0 Å². The zero-order chi connectivity index (χ0) is 13.6. The molecule has 0 heterocycles. The van der Waals surface area contributed by atoms with Gasteiger partial charge in [0.1, 0.15) is 5.54 Å². The molecule has 2 rings (SSSR count). The van der Waals surface area contributed by atoms with Crippen LogP contribution in [0.3, 0.4) is 0 Å². The monoisotopic (exact) mass is 254 g/mol. The van der Waals surface area contributed by atoms with Crippen LogP contribution in [0.25, 0.3) is 0 Å². The molecular formula is C14H26N2O2. The van der Waals surface area contributed by atoms with E-state index in [-0.39, 0.29) is 23.5 Å². The van der Waals surface area contributed by atoms with Crippen molar-refractivity contribution in [1.82, 2.24) is 5.32 Å². The second-order valence-electron chi connectivity index (χ2n) is 6.44. The summed E-state index contributed by atoms with van der Waals surface area (Å²) in [4.78, 5) is 12.4. The molecular weight excluding hydrogens is 228 g/mol. The van der Waals surface area contributed by atoms with E-state index in [1.807, 2.05) is 20.8 Å². The lowest BCUT2D eigenvalue weighted by atomic mass is 9.54. The average Bonchev–Trinajstić information content (AvgIpc) is 3.12. The molecule has 0 aromatic heterocycles. The fourth-order valence-electron chi connectivity index (χ4n) is 2.87. The third kappa shape index (κ3) is 2.05. The normalized spacial score (nSPS) is 35.7. The first-order valence-electron chi connectivity index (χ1n) is 7.04. The lowest BCUT2D eigenvalue weighted by Gasteiger charge is -2.57. The van der Waals surface area contributed by atoms with E-state index in [0.29, 0.717) is 18.9 Å². The zero-order valence-corrected chi connectivity index (χ0v) is 12.0. The maximum absolute atomic E-state index is 12.4. The molecule has 0 saturated heterocycles. The SMILES string of the molecule is CCOC1CC(N)(C(=O)NC(C)C2CC2)C1(C)C. The quantitative estimate of drug-likeness (QED) is 0.780. The molecule has 104 valence electrons. The standard InChI is InChI=1S/C14H26N2O2/c1-5-18-11-8-14(15,13(11,3)4)12(17)16-9(2)10-6-7-10/h9-11H,5-8,15H2,1-4H3,(H,16,17). The van der Waals surface area contributed by atoms with Crippen molar-refractivity contribution in [3.8, 4) is 0 Å². The van der Waals surface area contributed by atoms with E-state index in [0.717, 1.165) is 0 Å². The van der Waals surface area contributed by atoms with Gasteiger partial charge in [-0.1, -0.05) is 13.8 Å². The summed E-state index contributed by atoms with van der Waals surface area (Å²) >= 11 is 0. The first-order valence-corrected chi connectivity index (χ1v) is 7.04. The van der Waals surface area contributed by atoms with E-state index in [4.69, 9.17) is 10.5 Å². The van der Waals surface area contributed by atoms with Crippen molar-refractivity contribution in [3.63, 3.8) is 0 Å². The summed E-state index contributed by atoms with van der Waals surface area (Å²) in [6, 6.07) is 0.250. The minimum Gasteiger partial charge on any atom is -0.378 e. The van der Waals surface area contributed by atoms with Crippen LogP contribution in [-0.2, 0) is 9.53 Å². The highest BCUT2D eigenvalue weighted by Crippen LogP contribution is 2.50. The van der Waals surface area contributed by atoms with Crippen LogP contribution >= 0.6 is 0 Å². The molecule has 4 nitrogen and oxygen atoms in total. The van der Waals surface area contributed by atoms with Gasteiger partial charge in [0.25, 0.3) is 0 Å². The Morgan fingerprint density at radius 3 is 2.56 bits per heavy atom. The van der Waals surface area contributed by atoms with Crippen molar-refractivity contribution in [2.75, 3.05) is 6.61 Å². The van der Waals surface area contributed by atoms with Gasteiger partial charge in [-0.3, -0.25) is 4.79 Å². The van der Waals surface area contributed by atoms with Crippen LogP contribution in [0, 0.1) is 11.3 Å². The summed E-state index contributed by atoms with van der Waals surface area (Å²) in [5.74, 6) is 0.645. The van der Waals surface area contributed by atoms with Gasteiger partial charge in [0.15, 0.2) is 0 Å². The molecule has 2 aliphatic carbocycles. The van der Waals surface area contributed by atoms with Crippen molar-refractivity contribution in [2.24, 2.45) is 17.1 Å². The molecule has 2 saturated carbocycles. The number of nitrogens with one attached hydrogen (secondary N) is 1. The van der Waals surface area contributed by atoms with E-state index in [2.05, 4.69) is 12.2 Å². The van der Waals surface area contributed by atoms with E-state index in [1.54, 1.807) is 0 Å². The zero-order valence-electron chi connectivity index (χ0n) is 12.0. The Morgan fingerprint density at radius 1 is 1.50 bits per heavy atom. The van der Waals surface area contributed by atoms with Crippen LogP contribution in [0.4, 0.5) is 0 Å². The molecule has 4 heteroatoms. The molecule has 18 heavy (non-hydrogen) atoms. The highest BCUT2D eigenvalue weighted by molar-refractivity contribution is 5.89. The Bertz CT molecular complexity index is 339. The molecule has 0 spiro atoms. The van der Waals surface area contributed by atoms with Gasteiger partial charge < -0.3 is 15.8 Å². The summed E-state index contributed by atoms with van der Waals surface area (Å²) in [6.45, 7) is 8.77. The Labute approximate surface area is 110 Å². The van der Waals surface area contributed by atoms with Crippen LogP contribution in [0.15, 0.2) is 0 Å². The van der Waals surface area contributed by atoms with Gasteiger partial charge in [-0.15, -0.1) is 0 Å². The number of hydrogen-bond acceptors (Lipinski definition) is 3. The van der Waals surface area contributed by atoms with Gasteiger partial charge in [-0.2, -0.15) is 0 Å². The summed E-state index contributed by atoms with van der Waals surface area (Å²) < 4.78 is 5.64. The summed E-state index contributed by atoms with van der Waals surface area (Å²) in [6.07, 6.45) is 3.17. The van der Waals surface area contributed by atoms with E-state index in [1.165, 1.54) is 12.8 Å². The van der Waals surface area contributed by atoms with Crippen molar-refractivity contribution in [1.29, 1.82) is 0 Å². The van der Waals surface area contributed by atoms with Gasteiger partial charge in [-0.05, 0) is 32.6 Å². The Morgan fingerprint density at radius 2 is 2.11 bits per heavy atom. The third-order valence-electron chi connectivity index (χ3n) is 4.92. The number of carbonyl (C=O) groups excluding carboxylic acids is 1. The second-order valence-corrected chi connectivity index (χ2v) is 6.44. The first-order chi connectivity index (χ1) is 8.33. The number of hydrogen-bond donors (Lipinski definition) is 2. The number of rotatable bonds is 5. The van der Waals surface area contributed by atoms with Crippen molar-refractivity contribution in [2.45, 2.75) is 64.6 Å². The molecule has 3 unspecified atom stereocenters. The highest BCUT2D eigenvalue weighted by atomic mass is 16.5. The van der Waals surface area contributed by atoms with E-state index < -0.39 is 5.54 Å². The summed E-state index contributed by atoms with van der Waals surface area (Å²) in [7, 11) is 0. The number of nitrogens with two attached hydrogens (primary N) is 1. The first kappa shape index (κ1) is 13.8. The topological polar surface area (TPSA) is 64.3 Å². The lowest BCUT2D eigenvalue weighted by Crippen LogP contribution is -2.76. The Balaban J connectivity index is 1.97. The van der Waals surface area contributed by atoms with Crippen LogP contribution in [0.5, 0.6) is 0 Å². The molecule has 3 N–H and O–H groups in total. The summed E-state index contributed by atoms with van der Waals surface area (Å²) in [5.41, 5.74) is 5.24. The predicted molar refractivity (Wildman–Crippen MR) is 71.1 cm³/mol. The Kier molecular flexibility index (Phi) is 3.45. The van der Waals surface area contributed by atoms with Crippen molar-refractivity contribution in [3.05, 3.63) is 0 Å². The van der Waals surface area contributed by atoms with Gasteiger partial charge in [0, 0.05) is 24.5 Å². The number of carbonyl (C=O) groups is 1. The maximum Gasteiger partial charge on any atom is 0.241 e. The minimum atomic E-state index is -0.782. The fraction of sp³-hybridized carbons (Fsp3) is 0.929. The molecule has 0 bridgehead atoms. The van der Waals surface area contributed by atoms with Gasteiger partial charge >= 0.3 is 0 Å². The minimum absolute atomic E-state index is 0.0112. The molecule has 0 aliphatic heterocycles. The smallest absolute Gasteiger partial charge is 0.241 e. The Hall–Kier alpha value is -0.610.